The van der Waals surface area contributed by atoms with Gasteiger partial charge in [0.25, 0.3) is 0 Å². The number of alkyl halides is 1. The predicted molar refractivity (Wildman–Crippen MR) is 57.2 cm³/mol. The number of aromatic nitrogens is 1. The molecular weight excluding hydrogens is 177 g/mol. The molecule has 1 aromatic heterocycles. The molecule has 1 nitrogen and oxygen atoms in total. The van der Waals surface area contributed by atoms with Crippen molar-refractivity contribution in [3.63, 3.8) is 0 Å². The van der Waals surface area contributed by atoms with Gasteiger partial charge >= 0.3 is 0 Å². The Labute approximate surface area is 85.4 Å². The van der Waals surface area contributed by atoms with E-state index in [4.69, 9.17) is 0 Å². The molecule has 0 aromatic carbocycles. The molecule has 1 heterocycles. The summed E-state index contributed by atoms with van der Waals surface area (Å²) in [7, 11) is 0. The van der Waals surface area contributed by atoms with Crippen molar-refractivity contribution in [2.45, 2.75) is 46.2 Å². The normalized spacial score (nSPS) is 14.1. The van der Waals surface area contributed by atoms with E-state index in [-0.39, 0.29) is 5.41 Å². The Kier molecular flexibility index (Phi) is 2.93. The van der Waals surface area contributed by atoms with Crippen molar-refractivity contribution in [1.29, 1.82) is 0 Å². The van der Waals surface area contributed by atoms with Crippen LogP contribution in [0, 0.1) is 6.92 Å². The van der Waals surface area contributed by atoms with E-state index in [9.17, 15) is 4.39 Å². The zero-order chi connectivity index (χ0) is 10.9. The van der Waals surface area contributed by atoms with E-state index < -0.39 is 6.17 Å². The molecule has 14 heavy (non-hydrogen) atoms. The average Bonchev–Trinajstić information content (AvgIpc) is 2.01. The molecule has 0 radical (unpaired) electrons. The fourth-order valence-electron chi connectivity index (χ4n) is 1.59. The molecule has 0 amide bonds. The fourth-order valence-corrected chi connectivity index (χ4v) is 1.59. The first-order valence-electron chi connectivity index (χ1n) is 4.94. The third-order valence-electron chi connectivity index (χ3n) is 2.32. The van der Waals surface area contributed by atoms with E-state index in [2.05, 4.69) is 25.8 Å². The average molecular weight is 195 g/mol. The van der Waals surface area contributed by atoms with Gasteiger partial charge in [-0.15, -0.1) is 0 Å². The Morgan fingerprint density at radius 3 is 2.21 bits per heavy atom. The predicted octanol–water partition coefficient (Wildman–Crippen LogP) is 3.72. The minimum absolute atomic E-state index is 0.0785. The van der Waals surface area contributed by atoms with Crippen LogP contribution in [-0.4, -0.2) is 4.98 Å². The molecular formula is C12H18FN. The van der Waals surface area contributed by atoms with Gasteiger partial charge in [0, 0.05) is 5.69 Å². The fraction of sp³-hybridized carbons (Fsp3) is 0.583. The third-order valence-corrected chi connectivity index (χ3v) is 2.32. The SMILES string of the molecule is Cc1nc(C(C)F)ccc1C(C)(C)C. The summed E-state index contributed by atoms with van der Waals surface area (Å²) >= 11 is 0. The van der Waals surface area contributed by atoms with Gasteiger partial charge in [-0.05, 0) is 30.9 Å². The van der Waals surface area contributed by atoms with Gasteiger partial charge in [0.1, 0.15) is 6.17 Å². The summed E-state index contributed by atoms with van der Waals surface area (Å²) < 4.78 is 13.0. The molecule has 0 N–H and O–H groups in total. The highest BCUT2D eigenvalue weighted by Gasteiger charge is 2.17. The van der Waals surface area contributed by atoms with Crippen molar-refractivity contribution in [3.8, 4) is 0 Å². The topological polar surface area (TPSA) is 12.9 Å². The smallest absolute Gasteiger partial charge is 0.139 e. The van der Waals surface area contributed by atoms with Crippen molar-refractivity contribution in [2.24, 2.45) is 0 Å². The Hall–Kier alpha value is -0.920. The van der Waals surface area contributed by atoms with Gasteiger partial charge in [-0.25, -0.2) is 4.39 Å². The minimum Gasteiger partial charge on any atom is -0.255 e. The lowest BCUT2D eigenvalue weighted by atomic mass is 9.86. The van der Waals surface area contributed by atoms with Gasteiger partial charge < -0.3 is 0 Å². The maximum Gasteiger partial charge on any atom is 0.139 e. The van der Waals surface area contributed by atoms with Gasteiger partial charge in [0.2, 0.25) is 0 Å². The van der Waals surface area contributed by atoms with E-state index in [1.54, 1.807) is 6.07 Å². The number of pyridine rings is 1. The molecule has 2 heteroatoms. The summed E-state index contributed by atoms with van der Waals surface area (Å²) in [4.78, 5) is 4.26. The molecule has 0 aliphatic rings. The zero-order valence-electron chi connectivity index (χ0n) is 9.56. The molecule has 1 unspecified atom stereocenters. The van der Waals surface area contributed by atoms with Crippen LogP contribution in [0.3, 0.4) is 0 Å². The van der Waals surface area contributed by atoms with Gasteiger partial charge in [0.05, 0.1) is 5.69 Å². The quantitative estimate of drug-likeness (QED) is 0.665. The highest BCUT2D eigenvalue weighted by atomic mass is 19.1. The molecule has 1 rings (SSSR count). The van der Waals surface area contributed by atoms with Crippen molar-refractivity contribution in [2.75, 3.05) is 0 Å². The van der Waals surface area contributed by atoms with Crippen LogP contribution >= 0.6 is 0 Å². The van der Waals surface area contributed by atoms with Gasteiger partial charge in [0.15, 0.2) is 0 Å². The summed E-state index contributed by atoms with van der Waals surface area (Å²) in [6, 6.07) is 3.76. The number of hydrogen-bond acceptors (Lipinski definition) is 1. The highest BCUT2D eigenvalue weighted by Crippen LogP contribution is 2.26. The van der Waals surface area contributed by atoms with Crippen LogP contribution in [-0.2, 0) is 5.41 Å². The van der Waals surface area contributed by atoms with Crippen LogP contribution in [0.25, 0.3) is 0 Å². The number of hydrogen-bond donors (Lipinski definition) is 0. The first-order chi connectivity index (χ1) is 6.32. The van der Waals surface area contributed by atoms with E-state index in [1.807, 2.05) is 13.0 Å². The molecule has 0 saturated heterocycles. The Morgan fingerprint density at radius 2 is 1.86 bits per heavy atom. The lowest BCUT2D eigenvalue weighted by molar-refractivity contribution is 0.364. The molecule has 1 aromatic rings. The van der Waals surface area contributed by atoms with Crippen LogP contribution in [0.15, 0.2) is 12.1 Å². The highest BCUT2D eigenvalue weighted by molar-refractivity contribution is 5.28. The first-order valence-corrected chi connectivity index (χ1v) is 4.94. The second-order valence-electron chi connectivity index (χ2n) is 4.74. The minimum atomic E-state index is -0.984. The number of aryl methyl sites for hydroxylation is 1. The molecule has 0 spiro atoms. The van der Waals surface area contributed by atoms with Crippen LogP contribution in [0.2, 0.25) is 0 Å². The lowest BCUT2D eigenvalue weighted by Gasteiger charge is -2.21. The number of halogens is 1. The van der Waals surface area contributed by atoms with Crippen LogP contribution in [0.5, 0.6) is 0 Å². The maximum absolute atomic E-state index is 13.0. The van der Waals surface area contributed by atoms with E-state index in [0.717, 1.165) is 5.69 Å². The van der Waals surface area contributed by atoms with Gasteiger partial charge in [-0.1, -0.05) is 26.8 Å². The summed E-state index contributed by atoms with van der Waals surface area (Å²) in [5.41, 5.74) is 2.71. The molecule has 0 aliphatic carbocycles. The van der Waals surface area contributed by atoms with Crippen molar-refractivity contribution >= 4 is 0 Å². The summed E-state index contributed by atoms with van der Waals surface area (Å²) in [6.45, 7) is 9.85. The second-order valence-corrected chi connectivity index (χ2v) is 4.74. The molecule has 1 atom stereocenters. The van der Waals surface area contributed by atoms with Crippen LogP contribution in [0.4, 0.5) is 4.39 Å². The van der Waals surface area contributed by atoms with Gasteiger partial charge in [-0.2, -0.15) is 0 Å². The van der Waals surface area contributed by atoms with Crippen LogP contribution in [0.1, 0.15) is 50.8 Å². The van der Waals surface area contributed by atoms with Crippen molar-refractivity contribution in [1.82, 2.24) is 4.98 Å². The summed E-state index contributed by atoms with van der Waals surface area (Å²) in [6.07, 6.45) is -0.984. The van der Waals surface area contributed by atoms with E-state index >= 15 is 0 Å². The third kappa shape index (κ3) is 2.31. The Morgan fingerprint density at radius 1 is 1.29 bits per heavy atom. The second kappa shape index (κ2) is 3.68. The van der Waals surface area contributed by atoms with Crippen molar-refractivity contribution in [3.05, 3.63) is 29.1 Å². The standard InChI is InChI=1S/C12H18FN/c1-8(13)11-7-6-10(9(2)14-11)12(3,4)5/h6-8H,1-5H3. The van der Waals surface area contributed by atoms with Crippen LogP contribution < -0.4 is 0 Å². The number of nitrogens with zero attached hydrogens (tertiary/aromatic N) is 1. The van der Waals surface area contributed by atoms with Crippen molar-refractivity contribution < 1.29 is 4.39 Å². The largest absolute Gasteiger partial charge is 0.255 e. The molecule has 78 valence electrons. The first kappa shape index (κ1) is 11.2. The number of rotatable bonds is 1. The monoisotopic (exact) mass is 195 g/mol. The summed E-state index contributed by atoms with van der Waals surface area (Å²) in [5, 5.41) is 0. The molecule has 0 saturated carbocycles. The Balaban J connectivity index is 3.15. The molecule has 0 aliphatic heterocycles. The molecule has 0 bridgehead atoms. The van der Waals surface area contributed by atoms with E-state index in [0.29, 0.717) is 5.69 Å². The van der Waals surface area contributed by atoms with Gasteiger partial charge in [-0.3, -0.25) is 4.98 Å². The maximum atomic E-state index is 13.0. The van der Waals surface area contributed by atoms with E-state index in [1.165, 1.54) is 12.5 Å². The summed E-state index contributed by atoms with van der Waals surface area (Å²) in [5.74, 6) is 0. The zero-order valence-corrected chi connectivity index (χ0v) is 9.56. The molecule has 0 fully saturated rings. The lowest BCUT2D eigenvalue weighted by Crippen LogP contribution is -2.14. The Bertz CT molecular complexity index is 324.